The van der Waals surface area contributed by atoms with Crippen molar-refractivity contribution in [2.75, 3.05) is 25.5 Å². The number of urea groups is 1. The van der Waals surface area contributed by atoms with Crippen LogP contribution in [0.2, 0.25) is 0 Å². The van der Waals surface area contributed by atoms with Crippen molar-refractivity contribution in [1.82, 2.24) is 15.1 Å². The van der Waals surface area contributed by atoms with Gasteiger partial charge in [-0.05, 0) is 42.0 Å². The van der Waals surface area contributed by atoms with Crippen molar-refractivity contribution in [2.24, 2.45) is 0 Å². The maximum Gasteiger partial charge on any atom is 0.417 e. The summed E-state index contributed by atoms with van der Waals surface area (Å²) in [6.45, 7) is -0.120. The largest absolute Gasteiger partial charge is 0.497 e. The number of nitro groups is 1. The van der Waals surface area contributed by atoms with Gasteiger partial charge in [0, 0.05) is 30.9 Å². The van der Waals surface area contributed by atoms with Crippen LogP contribution in [-0.4, -0.2) is 70.2 Å². The molecule has 0 aliphatic carbocycles. The lowest BCUT2D eigenvalue weighted by molar-refractivity contribution is -0.384. The Morgan fingerprint density at radius 3 is 2.31 bits per heavy atom. The van der Waals surface area contributed by atoms with Crippen LogP contribution >= 0.6 is 0 Å². The van der Waals surface area contributed by atoms with Crippen molar-refractivity contribution in [3.05, 3.63) is 94.5 Å². The first kappa shape index (κ1) is 29.3. The molecule has 1 fully saturated rings. The first-order valence-electron chi connectivity index (χ1n) is 12.7. The van der Waals surface area contributed by atoms with Gasteiger partial charge in [0.25, 0.3) is 11.6 Å². The van der Waals surface area contributed by atoms with E-state index in [4.69, 9.17) is 9.47 Å². The van der Waals surface area contributed by atoms with Crippen LogP contribution in [0.3, 0.4) is 0 Å². The minimum absolute atomic E-state index is 0.0512. The van der Waals surface area contributed by atoms with Crippen molar-refractivity contribution in [3.8, 4) is 11.5 Å². The molecule has 3 aromatic rings. The summed E-state index contributed by atoms with van der Waals surface area (Å²) in [5.41, 5.74) is 0.253. The zero-order valence-corrected chi connectivity index (χ0v) is 22.3. The second-order valence-electron chi connectivity index (χ2n) is 9.11. The summed E-state index contributed by atoms with van der Waals surface area (Å²) in [5, 5.41) is 26.0. The van der Waals surface area contributed by atoms with Crippen LogP contribution in [0.5, 0.6) is 11.5 Å². The number of nitro benzene ring substituents is 1. The highest BCUT2D eigenvalue weighted by Crippen LogP contribution is 2.25. The lowest BCUT2D eigenvalue weighted by atomic mass is 10.0. The zero-order valence-electron chi connectivity index (χ0n) is 22.3. The summed E-state index contributed by atoms with van der Waals surface area (Å²) < 4.78 is 10.5. The van der Waals surface area contributed by atoms with Crippen LogP contribution in [0.1, 0.15) is 18.0 Å². The van der Waals surface area contributed by atoms with Gasteiger partial charge in [-0.15, -0.1) is 0 Å². The molecule has 4 amide bonds. The van der Waals surface area contributed by atoms with Gasteiger partial charge in [0.05, 0.1) is 24.5 Å². The highest BCUT2D eigenvalue weighted by molar-refractivity contribution is 5.96. The molecule has 2 atom stereocenters. The molecule has 1 aliphatic heterocycles. The van der Waals surface area contributed by atoms with E-state index in [1.165, 1.54) is 25.3 Å². The van der Waals surface area contributed by atoms with Gasteiger partial charge in [-0.25, -0.2) is 9.59 Å². The van der Waals surface area contributed by atoms with Gasteiger partial charge in [0.1, 0.15) is 11.5 Å². The maximum absolute atomic E-state index is 13.7. The first-order valence-corrected chi connectivity index (χ1v) is 12.7. The molecule has 14 nitrogen and oxygen atoms in total. The molecule has 0 saturated carbocycles. The van der Waals surface area contributed by atoms with E-state index >= 15 is 0 Å². The van der Waals surface area contributed by atoms with Crippen molar-refractivity contribution in [3.63, 3.8) is 0 Å². The number of carbonyl (C=O) groups is 4. The Bertz CT molecular complexity index is 1470. The van der Waals surface area contributed by atoms with E-state index in [2.05, 4.69) is 10.6 Å². The standard InChI is InChI=1S/C28H27N5O9/c1-41-21-12-10-19(11-13-21)29-27(37)31-14-15-32(28(38)42-22-8-3-2-4-9-22)26(31)25(36)30-23(17-24(34)35)18-6-5-7-20(16-18)33(39)40/h2-13,16,23,26H,14-15,17H2,1H3,(H,29,37)(H,30,36)(H,34,35). The van der Waals surface area contributed by atoms with Crippen LogP contribution in [0, 0.1) is 10.1 Å². The van der Waals surface area contributed by atoms with E-state index in [1.54, 1.807) is 54.6 Å². The van der Waals surface area contributed by atoms with E-state index in [-0.39, 0.29) is 30.1 Å². The number of nitrogens with zero attached hydrogens (tertiary/aromatic N) is 3. The number of rotatable bonds is 9. The third-order valence-electron chi connectivity index (χ3n) is 6.37. The Morgan fingerprint density at radius 1 is 0.976 bits per heavy atom. The van der Waals surface area contributed by atoms with E-state index in [9.17, 15) is 34.4 Å². The van der Waals surface area contributed by atoms with E-state index in [1.807, 2.05) is 0 Å². The molecule has 3 aromatic carbocycles. The van der Waals surface area contributed by atoms with Gasteiger partial charge < -0.3 is 25.2 Å². The van der Waals surface area contributed by atoms with Gasteiger partial charge in [-0.1, -0.05) is 30.3 Å². The normalized spacial score (nSPS) is 14.9. The Hall–Kier alpha value is -5.66. The fourth-order valence-electron chi connectivity index (χ4n) is 4.36. The van der Waals surface area contributed by atoms with Crippen LogP contribution in [0.25, 0.3) is 0 Å². The molecule has 2 unspecified atom stereocenters. The number of anilines is 1. The lowest BCUT2D eigenvalue weighted by Gasteiger charge is -2.30. The Labute approximate surface area is 239 Å². The average Bonchev–Trinajstić information content (AvgIpc) is 3.43. The van der Waals surface area contributed by atoms with E-state index in [0.29, 0.717) is 11.4 Å². The number of non-ortho nitro benzene ring substituents is 1. The molecular weight excluding hydrogens is 550 g/mol. The fourth-order valence-corrected chi connectivity index (χ4v) is 4.36. The van der Waals surface area contributed by atoms with Crippen molar-refractivity contribution in [2.45, 2.75) is 18.6 Å². The second kappa shape index (κ2) is 13.1. The number of benzene rings is 3. The minimum atomic E-state index is -1.53. The van der Waals surface area contributed by atoms with Crippen LogP contribution in [0.15, 0.2) is 78.9 Å². The van der Waals surface area contributed by atoms with Gasteiger partial charge in [0.15, 0.2) is 6.17 Å². The average molecular weight is 578 g/mol. The number of carboxylic acids is 1. The molecule has 1 heterocycles. The summed E-state index contributed by atoms with van der Waals surface area (Å²) in [4.78, 5) is 64.6. The number of carboxylic acid groups (broad SMARTS) is 1. The van der Waals surface area contributed by atoms with Crippen molar-refractivity contribution >= 4 is 35.4 Å². The topological polar surface area (TPSA) is 181 Å². The molecule has 4 rings (SSSR count). The van der Waals surface area contributed by atoms with Crippen molar-refractivity contribution in [1.29, 1.82) is 0 Å². The number of carbonyl (C=O) groups excluding carboxylic acids is 3. The molecule has 0 bridgehead atoms. The molecule has 14 heteroatoms. The number of para-hydroxylation sites is 1. The fraction of sp³-hybridized carbons (Fsp3) is 0.214. The van der Waals surface area contributed by atoms with Gasteiger partial charge in [0.2, 0.25) is 0 Å². The molecule has 0 radical (unpaired) electrons. The van der Waals surface area contributed by atoms with Gasteiger partial charge in [-0.3, -0.25) is 29.5 Å². The van der Waals surface area contributed by atoms with Gasteiger partial charge in [-0.2, -0.15) is 0 Å². The number of aliphatic carboxylic acids is 1. The molecule has 1 aliphatic rings. The summed E-state index contributed by atoms with van der Waals surface area (Å²) in [7, 11) is 1.50. The monoisotopic (exact) mass is 577 g/mol. The molecule has 3 N–H and O–H groups in total. The Balaban J connectivity index is 1.62. The highest BCUT2D eigenvalue weighted by Gasteiger charge is 2.44. The number of hydrogen-bond donors (Lipinski definition) is 3. The number of amides is 4. The van der Waals surface area contributed by atoms with E-state index in [0.717, 1.165) is 15.9 Å². The Morgan fingerprint density at radius 2 is 1.67 bits per heavy atom. The van der Waals surface area contributed by atoms with Crippen molar-refractivity contribution < 1.29 is 38.7 Å². The van der Waals surface area contributed by atoms with Crippen LogP contribution in [0.4, 0.5) is 21.0 Å². The molecule has 0 aromatic heterocycles. The predicted molar refractivity (Wildman–Crippen MR) is 148 cm³/mol. The summed E-state index contributed by atoms with van der Waals surface area (Å²) in [6.07, 6.45) is -3.06. The SMILES string of the molecule is COc1ccc(NC(=O)N2CCN(C(=O)Oc3ccccc3)C2C(=O)NC(CC(=O)O)c2cccc([N+](=O)[O-])c2)cc1. The summed E-state index contributed by atoms with van der Waals surface area (Å²) in [5.74, 6) is -1.40. The molecule has 0 spiro atoms. The second-order valence-corrected chi connectivity index (χ2v) is 9.11. The molecule has 1 saturated heterocycles. The zero-order chi connectivity index (χ0) is 30.2. The van der Waals surface area contributed by atoms with Crippen LogP contribution in [-0.2, 0) is 9.59 Å². The number of ether oxygens (including phenoxy) is 2. The third kappa shape index (κ3) is 7.10. The lowest BCUT2D eigenvalue weighted by Crippen LogP contribution is -2.55. The summed E-state index contributed by atoms with van der Waals surface area (Å²) >= 11 is 0. The third-order valence-corrected chi connectivity index (χ3v) is 6.37. The number of nitrogens with one attached hydrogen (secondary N) is 2. The smallest absolute Gasteiger partial charge is 0.417 e. The Kier molecular flexibility index (Phi) is 9.17. The predicted octanol–water partition coefficient (Wildman–Crippen LogP) is 3.61. The first-order chi connectivity index (χ1) is 20.2. The number of hydrogen-bond acceptors (Lipinski definition) is 8. The molecular formula is C28H27N5O9. The quantitative estimate of drug-likeness (QED) is 0.253. The number of methoxy groups -OCH3 is 1. The minimum Gasteiger partial charge on any atom is -0.497 e. The van der Waals surface area contributed by atoms with E-state index < -0.39 is 47.6 Å². The van der Waals surface area contributed by atoms with Crippen LogP contribution < -0.4 is 20.1 Å². The molecule has 218 valence electrons. The highest BCUT2D eigenvalue weighted by atomic mass is 16.6. The van der Waals surface area contributed by atoms with Gasteiger partial charge >= 0.3 is 18.1 Å². The molecule has 42 heavy (non-hydrogen) atoms. The maximum atomic E-state index is 13.7. The summed E-state index contributed by atoms with van der Waals surface area (Å²) in [6, 6.07) is 17.8.